The molecular formula is C24H32N2O6S. The van der Waals surface area contributed by atoms with E-state index in [0.29, 0.717) is 57.2 Å². The second kappa shape index (κ2) is 11.5. The molecule has 1 saturated heterocycles. The number of carbonyl (C=O) groups is 1. The fourth-order valence-electron chi connectivity index (χ4n) is 3.60. The molecule has 1 aliphatic heterocycles. The minimum atomic E-state index is -3.62. The Balaban J connectivity index is 1.54. The summed E-state index contributed by atoms with van der Waals surface area (Å²) in [5.74, 6) is 1.23. The Kier molecular flexibility index (Phi) is 8.71. The van der Waals surface area contributed by atoms with Gasteiger partial charge < -0.3 is 19.5 Å². The van der Waals surface area contributed by atoms with E-state index in [1.54, 1.807) is 12.1 Å². The van der Waals surface area contributed by atoms with Crippen molar-refractivity contribution in [1.82, 2.24) is 9.62 Å². The van der Waals surface area contributed by atoms with Crippen LogP contribution < -0.4 is 14.8 Å². The van der Waals surface area contributed by atoms with Crippen LogP contribution in [-0.4, -0.2) is 65.2 Å². The molecule has 3 rings (SSSR count). The zero-order chi connectivity index (χ0) is 23.8. The Hall–Kier alpha value is -2.62. The van der Waals surface area contributed by atoms with Crippen molar-refractivity contribution >= 4 is 15.9 Å². The molecule has 1 aliphatic rings. The SMILES string of the molecule is COc1ccc(S(=O)(=O)N2CCOCC2)cc1CCC(=O)NCCOc1cc(C)ccc1C. The summed E-state index contributed by atoms with van der Waals surface area (Å²) in [6, 6.07) is 10.8. The molecule has 2 aromatic carbocycles. The lowest BCUT2D eigenvalue weighted by molar-refractivity contribution is -0.121. The molecule has 0 bridgehead atoms. The standard InChI is InChI=1S/C24H32N2O6S/c1-18-4-5-19(2)23(16-18)32-13-10-25-24(27)9-6-20-17-21(7-8-22(20)30-3)33(28,29)26-11-14-31-15-12-26/h4-5,7-8,16-17H,6,9-15H2,1-3H3,(H,25,27). The molecule has 0 aromatic heterocycles. The van der Waals surface area contributed by atoms with E-state index >= 15 is 0 Å². The van der Waals surface area contributed by atoms with Gasteiger partial charge in [0.05, 0.1) is 31.8 Å². The molecule has 180 valence electrons. The number of nitrogens with one attached hydrogen (secondary N) is 1. The maximum Gasteiger partial charge on any atom is 0.243 e. The summed E-state index contributed by atoms with van der Waals surface area (Å²) in [5.41, 5.74) is 2.84. The third-order valence-corrected chi connectivity index (χ3v) is 7.40. The Morgan fingerprint density at radius 2 is 1.85 bits per heavy atom. The average Bonchev–Trinajstić information content (AvgIpc) is 2.82. The van der Waals surface area contributed by atoms with Crippen LogP contribution in [0.15, 0.2) is 41.3 Å². The Bertz CT molecular complexity index is 1060. The number of ether oxygens (including phenoxy) is 3. The van der Waals surface area contributed by atoms with Crippen LogP contribution in [0, 0.1) is 13.8 Å². The van der Waals surface area contributed by atoms with Gasteiger partial charge in [-0.25, -0.2) is 8.42 Å². The first kappa shape index (κ1) is 25.0. The second-order valence-corrected chi connectivity index (χ2v) is 9.90. The lowest BCUT2D eigenvalue weighted by atomic mass is 10.1. The highest BCUT2D eigenvalue weighted by Crippen LogP contribution is 2.26. The summed E-state index contributed by atoms with van der Waals surface area (Å²) in [5, 5.41) is 2.85. The first-order valence-electron chi connectivity index (χ1n) is 11.0. The van der Waals surface area contributed by atoms with Gasteiger partial charge in [-0.15, -0.1) is 0 Å². The number of aryl methyl sites for hydroxylation is 3. The van der Waals surface area contributed by atoms with Crippen LogP contribution in [0.1, 0.15) is 23.1 Å². The molecule has 0 atom stereocenters. The summed E-state index contributed by atoms with van der Waals surface area (Å²) in [6.07, 6.45) is 0.570. The lowest BCUT2D eigenvalue weighted by Gasteiger charge is -2.26. The van der Waals surface area contributed by atoms with Crippen LogP contribution in [0.5, 0.6) is 11.5 Å². The monoisotopic (exact) mass is 476 g/mol. The van der Waals surface area contributed by atoms with Crippen LogP contribution in [0.2, 0.25) is 0 Å². The minimum Gasteiger partial charge on any atom is -0.496 e. The van der Waals surface area contributed by atoms with Crippen molar-refractivity contribution in [1.29, 1.82) is 0 Å². The van der Waals surface area contributed by atoms with Crippen molar-refractivity contribution in [2.24, 2.45) is 0 Å². The number of rotatable bonds is 10. The van der Waals surface area contributed by atoms with E-state index in [4.69, 9.17) is 14.2 Å². The summed E-state index contributed by atoms with van der Waals surface area (Å²) in [7, 11) is -2.09. The average molecular weight is 477 g/mol. The van der Waals surface area contributed by atoms with E-state index in [-0.39, 0.29) is 17.2 Å². The molecule has 9 heteroatoms. The summed E-state index contributed by atoms with van der Waals surface area (Å²) >= 11 is 0. The van der Waals surface area contributed by atoms with Gasteiger partial charge >= 0.3 is 0 Å². The quantitative estimate of drug-likeness (QED) is 0.530. The van der Waals surface area contributed by atoms with Gasteiger partial charge in [-0.1, -0.05) is 12.1 Å². The molecule has 0 radical (unpaired) electrons. The number of hydrogen-bond donors (Lipinski definition) is 1. The molecule has 33 heavy (non-hydrogen) atoms. The first-order valence-corrected chi connectivity index (χ1v) is 12.5. The zero-order valence-electron chi connectivity index (χ0n) is 19.4. The van der Waals surface area contributed by atoms with Gasteiger partial charge in [-0.2, -0.15) is 4.31 Å². The predicted octanol–water partition coefficient (Wildman–Crippen LogP) is 2.46. The van der Waals surface area contributed by atoms with Crippen LogP contribution in [0.4, 0.5) is 0 Å². The number of methoxy groups -OCH3 is 1. The smallest absolute Gasteiger partial charge is 0.243 e. The van der Waals surface area contributed by atoms with Crippen molar-refractivity contribution in [3.63, 3.8) is 0 Å². The van der Waals surface area contributed by atoms with Crippen molar-refractivity contribution in [2.45, 2.75) is 31.6 Å². The van der Waals surface area contributed by atoms with Gasteiger partial charge in [0.2, 0.25) is 15.9 Å². The van der Waals surface area contributed by atoms with Gasteiger partial charge in [0.1, 0.15) is 18.1 Å². The second-order valence-electron chi connectivity index (χ2n) is 7.96. The fourth-order valence-corrected chi connectivity index (χ4v) is 5.06. The topological polar surface area (TPSA) is 94.2 Å². The molecule has 0 unspecified atom stereocenters. The summed E-state index contributed by atoms with van der Waals surface area (Å²) in [4.78, 5) is 12.5. The molecule has 0 saturated carbocycles. The number of nitrogens with zero attached hydrogens (tertiary/aromatic N) is 1. The van der Waals surface area contributed by atoms with E-state index in [0.717, 1.165) is 16.9 Å². The van der Waals surface area contributed by atoms with Crippen LogP contribution in [-0.2, 0) is 26.0 Å². The number of carbonyl (C=O) groups excluding carboxylic acids is 1. The zero-order valence-corrected chi connectivity index (χ0v) is 20.2. The molecule has 2 aromatic rings. The van der Waals surface area contributed by atoms with Crippen LogP contribution in [0.25, 0.3) is 0 Å². The normalized spacial score (nSPS) is 14.6. The van der Waals surface area contributed by atoms with Gasteiger partial charge in [0.15, 0.2) is 0 Å². The van der Waals surface area contributed by atoms with Crippen LogP contribution >= 0.6 is 0 Å². The van der Waals surface area contributed by atoms with Gasteiger partial charge in [-0.3, -0.25) is 4.79 Å². The van der Waals surface area contributed by atoms with Crippen LogP contribution in [0.3, 0.4) is 0 Å². The van der Waals surface area contributed by atoms with E-state index in [2.05, 4.69) is 5.32 Å². The number of sulfonamides is 1. The molecule has 1 N–H and O–H groups in total. The fraction of sp³-hybridized carbons (Fsp3) is 0.458. The molecule has 0 spiro atoms. The third kappa shape index (κ3) is 6.69. The van der Waals surface area contributed by atoms with Gasteiger partial charge in [-0.05, 0) is 61.2 Å². The van der Waals surface area contributed by atoms with Crippen molar-refractivity contribution in [2.75, 3.05) is 46.6 Å². The molecular weight excluding hydrogens is 444 g/mol. The molecule has 1 amide bonds. The van der Waals surface area contributed by atoms with Crippen molar-refractivity contribution < 1.29 is 27.4 Å². The number of amides is 1. The van der Waals surface area contributed by atoms with Crippen molar-refractivity contribution in [3.05, 3.63) is 53.1 Å². The first-order chi connectivity index (χ1) is 15.8. The number of benzene rings is 2. The predicted molar refractivity (Wildman–Crippen MR) is 125 cm³/mol. The highest BCUT2D eigenvalue weighted by molar-refractivity contribution is 7.89. The lowest BCUT2D eigenvalue weighted by Crippen LogP contribution is -2.40. The maximum absolute atomic E-state index is 12.9. The maximum atomic E-state index is 12.9. The highest BCUT2D eigenvalue weighted by Gasteiger charge is 2.27. The Morgan fingerprint density at radius 3 is 2.58 bits per heavy atom. The molecule has 1 fully saturated rings. The Morgan fingerprint density at radius 1 is 1.09 bits per heavy atom. The minimum absolute atomic E-state index is 0.136. The van der Waals surface area contributed by atoms with E-state index in [1.807, 2.05) is 32.0 Å². The van der Waals surface area contributed by atoms with Crippen molar-refractivity contribution in [3.8, 4) is 11.5 Å². The third-order valence-electron chi connectivity index (χ3n) is 5.51. The summed E-state index contributed by atoms with van der Waals surface area (Å²) in [6.45, 7) is 6.16. The summed E-state index contributed by atoms with van der Waals surface area (Å²) < 4.78 is 43.7. The molecule has 1 heterocycles. The van der Waals surface area contributed by atoms with Gasteiger partial charge in [0.25, 0.3) is 0 Å². The van der Waals surface area contributed by atoms with E-state index in [1.165, 1.54) is 17.5 Å². The van der Waals surface area contributed by atoms with Gasteiger partial charge in [0, 0.05) is 19.5 Å². The highest BCUT2D eigenvalue weighted by atomic mass is 32.2. The molecule has 8 nitrogen and oxygen atoms in total. The molecule has 0 aliphatic carbocycles. The Labute approximate surface area is 195 Å². The largest absolute Gasteiger partial charge is 0.496 e. The van der Waals surface area contributed by atoms with E-state index < -0.39 is 10.0 Å². The number of hydrogen-bond acceptors (Lipinski definition) is 6. The number of morpholine rings is 1. The van der Waals surface area contributed by atoms with E-state index in [9.17, 15) is 13.2 Å².